The lowest BCUT2D eigenvalue weighted by Crippen LogP contribution is -2.56. The van der Waals surface area contributed by atoms with Crippen molar-refractivity contribution in [2.45, 2.75) is 76.9 Å². The van der Waals surface area contributed by atoms with Gasteiger partial charge < -0.3 is 9.80 Å². The minimum Gasteiger partial charge on any atom is -0.332 e. The van der Waals surface area contributed by atoms with Crippen LogP contribution < -0.4 is 4.90 Å². The van der Waals surface area contributed by atoms with E-state index in [1.54, 1.807) is 0 Å². The summed E-state index contributed by atoms with van der Waals surface area (Å²) in [5.74, 6) is 0.954. The molecule has 0 radical (unpaired) electrons. The minimum absolute atomic E-state index is 0.596. The second-order valence-electron chi connectivity index (χ2n) is 8.70. The maximum absolute atomic E-state index is 4.74. The van der Waals surface area contributed by atoms with E-state index in [2.05, 4.69) is 55.0 Å². The van der Waals surface area contributed by atoms with Crippen molar-refractivity contribution in [3.8, 4) is 0 Å². The van der Waals surface area contributed by atoms with Gasteiger partial charge in [0.15, 0.2) is 0 Å². The number of unbranched alkanes of at least 4 members (excludes halogenated alkanes) is 3. The van der Waals surface area contributed by atoms with Gasteiger partial charge in [-0.1, -0.05) is 12.8 Å². The Morgan fingerprint density at radius 1 is 1.00 bits per heavy atom. The summed E-state index contributed by atoms with van der Waals surface area (Å²) in [6.07, 6.45) is 13.0. The summed E-state index contributed by atoms with van der Waals surface area (Å²) in [5.41, 5.74) is 1.29. The third kappa shape index (κ3) is 4.95. The van der Waals surface area contributed by atoms with Gasteiger partial charge in [-0.05, 0) is 72.2 Å². The maximum atomic E-state index is 4.74. The number of fused-ring (bicyclic) bond motifs is 2. The van der Waals surface area contributed by atoms with E-state index in [-0.39, 0.29) is 0 Å². The smallest absolute Gasteiger partial charge is 0.225 e. The highest BCUT2D eigenvalue weighted by Gasteiger charge is 2.41. The van der Waals surface area contributed by atoms with E-state index in [0.29, 0.717) is 18.1 Å². The number of likely N-dealkylation sites (tertiary alicyclic amines) is 1. The van der Waals surface area contributed by atoms with Crippen LogP contribution in [0.3, 0.4) is 0 Å². The van der Waals surface area contributed by atoms with Gasteiger partial charge >= 0.3 is 0 Å². The van der Waals surface area contributed by atoms with Crippen molar-refractivity contribution in [1.29, 1.82) is 0 Å². The van der Waals surface area contributed by atoms with Gasteiger partial charge in [0, 0.05) is 43.6 Å². The van der Waals surface area contributed by atoms with E-state index in [1.165, 1.54) is 50.6 Å². The lowest BCUT2D eigenvalue weighted by atomic mass is 10.1. The molecule has 5 heteroatoms. The van der Waals surface area contributed by atoms with Crippen molar-refractivity contribution in [3.05, 3.63) is 18.0 Å². The normalized spacial score (nSPS) is 23.4. The highest BCUT2D eigenvalue weighted by atomic mass is 15.4. The fourth-order valence-electron chi connectivity index (χ4n) is 4.40. The molecule has 2 atom stereocenters. The molecule has 2 saturated heterocycles. The summed E-state index contributed by atoms with van der Waals surface area (Å²) in [4.78, 5) is 16.9. The van der Waals surface area contributed by atoms with Crippen LogP contribution in [0.4, 0.5) is 5.95 Å². The SMILES string of the molecule is CC(C)N1CC2CCC(C1)N2c1ncc(CCCCCCN(C)C)cn1. The van der Waals surface area contributed by atoms with Crippen molar-refractivity contribution < 1.29 is 0 Å². The summed E-state index contributed by atoms with van der Waals surface area (Å²) < 4.78 is 0. The number of hydrogen-bond acceptors (Lipinski definition) is 5. The first-order valence-electron chi connectivity index (χ1n) is 10.5. The van der Waals surface area contributed by atoms with Crippen molar-refractivity contribution in [3.63, 3.8) is 0 Å². The van der Waals surface area contributed by atoms with E-state index < -0.39 is 0 Å². The lowest BCUT2D eigenvalue weighted by molar-refractivity contribution is 0.176. The highest BCUT2D eigenvalue weighted by Crippen LogP contribution is 2.33. The zero-order valence-corrected chi connectivity index (χ0v) is 17.2. The molecular formula is C21H37N5. The molecule has 26 heavy (non-hydrogen) atoms. The second-order valence-corrected chi connectivity index (χ2v) is 8.70. The molecule has 0 N–H and O–H groups in total. The second kappa shape index (κ2) is 9.14. The van der Waals surface area contributed by atoms with Gasteiger partial charge in [-0.3, -0.25) is 4.90 Å². The standard InChI is InChI=1S/C21H37N5/c1-17(2)25-15-19-10-11-20(16-25)26(19)21-22-13-18(14-23-21)9-7-5-6-8-12-24(3)4/h13-14,17,19-20H,5-12,15-16H2,1-4H3. The van der Waals surface area contributed by atoms with Crippen LogP contribution in [0.25, 0.3) is 0 Å². The third-order valence-corrected chi connectivity index (χ3v) is 5.98. The first-order valence-corrected chi connectivity index (χ1v) is 10.5. The van der Waals surface area contributed by atoms with Crippen molar-refractivity contribution in [1.82, 2.24) is 19.8 Å². The summed E-state index contributed by atoms with van der Waals surface area (Å²) >= 11 is 0. The Morgan fingerprint density at radius 3 is 2.19 bits per heavy atom. The molecule has 2 fully saturated rings. The van der Waals surface area contributed by atoms with E-state index in [9.17, 15) is 0 Å². The van der Waals surface area contributed by atoms with E-state index in [0.717, 1.165) is 25.5 Å². The number of hydrogen-bond donors (Lipinski definition) is 0. The monoisotopic (exact) mass is 359 g/mol. The third-order valence-electron chi connectivity index (χ3n) is 5.98. The Balaban J connectivity index is 1.46. The molecular weight excluding hydrogens is 322 g/mol. The first-order chi connectivity index (χ1) is 12.5. The Labute approximate surface area is 159 Å². The van der Waals surface area contributed by atoms with Crippen molar-refractivity contribution in [2.24, 2.45) is 0 Å². The number of aryl methyl sites for hydroxylation is 1. The molecule has 3 heterocycles. The number of aromatic nitrogens is 2. The van der Waals surface area contributed by atoms with Gasteiger partial charge in [0.25, 0.3) is 0 Å². The zero-order valence-electron chi connectivity index (χ0n) is 17.2. The molecule has 3 rings (SSSR count). The number of anilines is 1. The van der Waals surface area contributed by atoms with Gasteiger partial charge in [-0.2, -0.15) is 0 Å². The lowest BCUT2D eigenvalue weighted by Gasteiger charge is -2.42. The molecule has 0 amide bonds. The maximum Gasteiger partial charge on any atom is 0.225 e. The van der Waals surface area contributed by atoms with Gasteiger partial charge in [-0.25, -0.2) is 9.97 Å². The topological polar surface area (TPSA) is 35.5 Å². The predicted molar refractivity (Wildman–Crippen MR) is 109 cm³/mol. The molecule has 2 aliphatic heterocycles. The van der Waals surface area contributed by atoms with E-state index >= 15 is 0 Å². The predicted octanol–water partition coefficient (Wildman–Crippen LogP) is 3.20. The fourth-order valence-corrected chi connectivity index (χ4v) is 4.40. The van der Waals surface area contributed by atoms with Gasteiger partial charge in [0.1, 0.15) is 0 Å². The molecule has 1 aromatic heterocycles. The van der Waals surface area contributed by atoms with Crippen LogP contribution in [-0.4, -0.2) is 71.6 Å². The fraction of sp³-hybridized carbons (Fsp3) is 0.810. The minimum atomic E-state index is 0.596. The zero-order chi connectivity index (χ0) is 18.5. The van der Waals surface area contributed by atoms with Gasteiger partial charge in [-0.15, -0.1) is 0 Å². The Kier molecular flexibility index (Phi) is 6.87. The summed E-state index contributed by atoms with van der Waals surface area (Å²) in [6.45, 7) is 8.13. The molecule has 2 bridgehead atoms. The summed E-state index contributed by atoms with van der Waals surface area (Å²) in [5, 5.41) is 0. The van der Waals surface area contributed by atoms with Crippen molar-refractivity contribution >= 4 is 5.95 Å². The Morgan fingerprint density at radius 2 is 1.62 bits per heavy atom. The number of rotatable bonds is 9. The molecule has 2 aliphatic rings. The average molecular weight is 360 g/mol. The number of nitrogens with zero attached hydrogens (tertiary/aromatic N) is 5. The Hall–Kier alpha value is -1.20. The average Bonchev–Trinajstić information content (AvgIpc) is 2.87. The Bertz CT molecular complexity index is 528. The molecule has 0 spiro atoms. The summed E-state index contributed by atoms with van der Waals surface area (Å²) in [6, 6.07) is 1.83. The van der Waals surface area contributed by atoms with Crippen LogP contribution in [-0.2, 0) is 6.42 Å². The molecule has 0 aliphatic carbocycles. The van der Waals surface area contributed by atoms with E-state index in [1.807, 2.05) is 0 Å². The van der Waals surface area contributed by atoms with Gasteiger partial charge in [0.2, 0.25) is 5.95 Å². The molecule has 146 valence electrons. The molecule has 0 aromatic carbocycles. The molecule has 1 aromatic rings. The molecule has 0 saturated carbocycles. The summed E-state index contributed by atoms with van der Waals surface area (Å²) in [7, 11) is 4.29. The highest BCUT2D eigenvalue weighted by molar-refractivity contribution is 5.37. The number of piperazine rings is 1. The first kappa shape index (κ1) is 19.6. The van der Waals surface area contributed by atoms with Crippen LogP contribution >= 0.6 is 0 Å². The van der Waals surface area contributed by atoms with Crippen LogP contribution in [0.1, 0.15) is 57.9 Å². The molecule has 2 unspecified atom stereocenters. The van der Waals surface area contributed by atoms with Crippen LogP contribution in [0.2, 0.25) is 0 Å². The largest absolute Gasteiger partial charge is 0.332 e. The van der Waals surface area contributed by atoms with E-state index in [4.69, 9.17) is 9.97 Å². The quantitative estimate of drug-likeness (QED) is 0.633. The van der Waals surface area contributed by atoms with Gasteiger partial charge in [0.05, 0.1) is 0 Å². The molecule has 5 nitrogen and oxygen atoms in total. The van der Waals surface area contributed by atoms with Crippen LogP contribution in [0.15, 0.2) is 12.4 Å². The van der Waals surface area contributed by atoms with Crippen LogP contribution in [0.5, 0.6) is 0 Å². The van der Waals surface area contributed by atoms with Crippen LogP contribution in [0, 0.1) is 0 Å². The van der Waals surface area contributed by atoms with Crippen molar-refractivity contribution in [2.75, 3.05) is 38.6 Å².